The van der Waals surface area contributed by atoms with Crippen molar-refractivity contribution in [1.82, 2.24) is 10.3 Å². The van der Waals surface area contributed by atoms with E-state index in [1.165, 1.54) is 11.3 Å². The van der Waals surface area contributed by atoms with Crippen LogP contribution in [0.1, 0.15) is 39.1 Å². The van der Waals surface area contributed by atoms with Gasteiger partial charge >= 0.3 is 5.97 Å². The van der Waals surface area contributed by atoms with Crippen LogP contribution in [0, 0.1) is 13.8 Å². The molecule has 0 unspecified atom stereocenters. The van der Waals surface area contributed by atoms with Gasteiger partial charge in [0.15, 0.2) is 5.69 Å². The second-order valence-corrected chi connectivity index (χ2v) is 6.17. The van der Waals surface area contributed by atoms with Gasteiger partial charge in [-0.2, -0.15) is 0 Å². The molecule has 1 N–H and O–H groups in total. The number of amides is 1. The van der Waals surface area contributed by atoms with Gasteiger partial charge in [0.1, 0.15) is 5.01 Å². The monoisotopic (exact) mass is 332 g/mol. The topological polar surface area (TPSA) is 68.3 Å². The molecule has 0 radical (unpaired) electrons. The minimum Gasteiger partial charge on any atom is -0.461 e. The summed E-state index contributed by atoms with van der Waals surface area (Å²) in [6.07, 6.45) is 0.337. The Hall–Kier alpha value is -2.21. The summed E-state index contributed by atoms with van der Waals surface area (Å²) in [5, 5.41) is 5.16. The fourth-order valence-electron chi connectivity index (χ4n) is 2.09. The number of esters is 1. The Morgan fingerprint density at radius 1 is 1.30 bits per heavy atom. The number of aromatic nitrogens is 1. The number of carbonyl (C=O) groups excluding carboxylic acids is 2. The maximum atomic E-state index is 12.1. The first-order valence-corrected chi connectivity index (χ1v) is 8.32. The van der Waals surface area contributed by atoms with Gasteiger partial charge in [0.25, 0.3) is 0 Å². The number of hydrogen-bond acceptors (Lipinski definition) is 5. The minimum atomic E-state index is -0.434. The van der Waals surface area contributed by atoms with Gasteiger partial charge in [-0.25, -0.2) is 9.78 Å². The van der Waals surface area contributed by atoms with Crippen molar-refractivity contribution in [3.8, 4) is 0 Å². The molecule has 122 valence electrons. The average Bonchev–Trinajstić information content (AvgIpc) is 2.98. The summed E-state index contributed by atoms with van der Waals surface area (Å²) in [5.74, 6) is -0.497. The van der Waals surface area contributed by atoms with Gasteiger partial charge < -0.3 is 10.1 Å². The van der Waals surface area contributed by atoms with E-state index in [0.717, 1.165) is 16.7 Å². The van der Waals surface area contributed by atoms with Crippen LogP contribution in [0.3, 0.4) is 0 Å². The predicted molar refractivity (Wildman–Crippen MR) is 89.5 cm³/mol. The molecule has 0 aliphatic carbocycles. The predicted octanol–water partition coefficient (Wildman–Crippen LogP) is 2.80. The Morgan fingerprint density at radius 3 is 2.83 bits per heavy atom. The highest BCUT2D eigenvalue weighted by molar-refractivity contribution is 7.09. The summed E-state index contributed by atoms with van der Waals surface area (Å²) in [6, 6.07) is 6.07. The van der Waals surface area contributed by atoms with Gasteiger partial charge in [0, 0.05) is 5.38 Å². The van der Waals surface area contributed by atoms with Gasteiger partial charge in [-0.15, -0.1) is 11.3 Å². The highest BCUT2D eigenvalue weighted by Crippen LogP contribution is 2.13. The molecule has 0 saturated heterocycles. The lowest BCUT2D eigenvalue weighted by Gasteiger charge is -2.07. The SMILES string of the molecule is CCOC(=O)c1csc(CNC(=O)Cc2cc(C)ccc2C)n1. The molecule has 2 aromatic rings. The van der Waals surface area contributed by atoms with Crippen LogP contribution in [0.2, 0.25) is 0 Å². The number of nitrogens with one attached hydrogen (secondary N) is 1. The van der Waals surface area contributed by atoms with E-state index < -0.39 is 5.97 Å². The zero-order valence-corrected chi connectivity index (χ0v) is 14.3. The van der Waals surface area contributed by atoms with Gasteiger partial charge in [-0.1, -0.05) is 23.8 Å². The summed E-state index contributed by atoms with van der Waals surface area (Å²) in [6.45, 7) is 6.38. The van der Waals surface area contributed by atoms with E-state index in [-0.39, 0.29) is 11.6 Å². The highest BCUT2D eigenvalue weighted by atomic mass is 32.1. The molecular formula is C17H20N2O3S. The van der Waals surface area contributed by atoms with E-state index in [0.29, 0.717) is 24.6 Å². The lowest BCUT2D eigenvalue weighted by Crippen LogP contribution is -2.25. The van der Waals surface area contributed by atoms with E-state index in [1.54, 1.807) is 12.3 Å². The summed E-state index contributed by atoms with van der Waals surface area (Å²) in [4.78, 5) is 27.8. The molecular weight excluding hydrogens is 312 g/mol. The van der Waals surface area contributed by atoms with Gasteiger partial charge in [-0.05, 0) is 31.9 Å². The Labute approximate surface area is 139 Å². The number of carbonyl (C=O) groups is 2. The third kappa shape index (κ3) is 4.89. The zero-order valence-electron chi connectivity index (χ0n) is 13.5. The van der Waals surface area contributed by atoms with Gasteiger partial charge in [-0.3, -0.25) is 4.79 Å². The first-order chi connectivity index (χ1) is 11.0. The van der Waals surface area contributed by atoms with Crippen molar-refractivity contribution in [2.75, 3.05) is 6.61 Å². The molecule has 6 heteroatoms. The lowest BCUT2D eigenvalue weighted by atomic mass is 10.0. The van der Waals surface area contributed by atoms with Crippen molar-refractivity contribution in [2.45, 2.75) is 33.7 Å². The molecule has 1 amide bonds. The average molecular weight is 332 g/mol. The van der Waals surface area contributed by atoms with Crippen LogP contribution < -0.4 is 5.32 Å². The number of benzene rings is 1. The molecule has 2 rings (SSSR count). The van der Waals surface area contributed by atoms with Crippen molar-refractivity contribution < 1.29 is 14.3 Å². The third-order valence-corrected chi connectivity index (χ3v) is 4.18. The molecule has 0 aliphatic heterocycles. The zero-order chi connectivity index (χ0) is 16.8. The first-order valence-electron chi connectivity index (χ1n) is 7.44. The third-order valence-electron chi connectivity index (χ3n) is 3.33. The van der Waals surface area contributed by atoms with Crippen LogP contribution in [-0.2, 0) is 22.5 Å². The maximum absolute atomic E-state index is 12.1. The molecule has 23 heavy (non-hydrogen) atoms. The number of ether oxygens (including phenoxy) is 1. The number of hydrogen-bond donors (Lipinski definition) is 1. The number of aryl methyl sites for hydroxylation is 2. The van der Waals surface area contributed by atoms with Gasteiger partial charge in [0.05, 0.1) is 19.6 Å². The molecule has 0 atom stereocenters. The standard InChI is InChI=1S/C17H20N2O3S/c1-4-22-17(21)14-10-23-16(19-14)9-18-15(20)8-13-7-11(2)5-6-12(13)3/h5-7,10H,4,8-9H2,1-3H3,(H,18,20). The Morgan fingerprint density at radius 2 is 2.09 bits per heavy atom. The lowest BCUT2D eigenvalue weighted by molar-refractivity contribution is -0.120. The Kier molecular flexibility index (Phi) is 5.87. The second-order valence-electron chi connectivity index (χ2n) is 5.23. The molecule has 0 spiro atoms. The molecule has 0 bridgehead atoms. The second kappa shape index (κ2) is 7.87. The quantitative estimate of drug-likeness (QED) is 0.826. The minimum absolute atomic E-state index is 0.0633. The van der Waals surface area contributed by atoms with E-state index in [4.69, 9.17) is 4.74 Å². The molecule has 1 aromatic heterocycles. The first kappa shape index (κ1) is 17.1. The van der Waals surface area contributed by atoms with E-state index in [1.807, 2.05) is 32.0 Å². The Balaban J connectivity index is 1.89. The van der Waals surface area contributed by atoms with Crippen LogP contribution in [0.5, 0.6) is 0 Å². The van der Waals surface area contributed by atoms with E-state index in [2.05, 4.69) is 10.3 Å². The van der Waals surface area contributed by atoms with Crippen molar-refractivity contribution in [2.24, 2.45) is 0 Å². The molecule has 0 aliphatic rings. The van der Waals surface area contributed by atoms with Crippen molar-refractivity contribution in [3.63, 3.8) is 0 Å². The maximum Gasteiger partial charge on any atom is 0.357 e. The largest absolute Gasteiger partial charge is 0.461 e. The fraction of sp³-hybridized carbons (Fsp3) is 0.353. The summed E-state index contributed by atoms with van der Waals surface area (Å²) in [7, 11) is 0. The van der Waals surface area contributed by atoms with Crippen LogP contribution in [-0.4, -0.2) is 23.5 Å². The number of nitrogens with zero attached hydrogens (tertiary/aromatic N) is 1. The van der Waals surface area contributed by atoms with Gasteiger partial charge in [0.2, 0.25) is 5.91 Å². The van der Waals surface area contributed by atoms with Crippen LogP contribution >= 0.6 is 11.3 Å². The van der Waals surface area contributed by atoms with Crippen LogP contribution in [0.15, 0.2) is 23.6 Å². The number of thiazole rings is 1. The summed E-state index contributed by atoms with van der Waals surface area (Å²) < 4.78 is 4.89. The molecule has 0 fully saturated rings. The normalized spacial score (nSPS) is 10.4. The van der Waals surface area contributed by atoms with Crippen LogP contribution in [0.25, 0.3) is 0 Å². The number of rotatable bonds is 6. The molecule has 1 aromatic carbocycles. The van der Waals surface area contributed by atoms with Crippen LogP contribution in [0.4, 0.5) is 0 Å². The summed E-state index contributed by atoms with van der Waals surface area (Å²) in [5.41, 5.74) is 3.55. The van der Waals surface area contributed by atoms with E-state index >= 15 is 0 Å². The van der Waals surface area contributed by atoms with Crippen molar-refractivity contribution in [1.29, 1.82) is 0 Å². The summed E-state index contributed by atoms with van der Waals surface area (Å²) >= 11 is 1.33. The van der Waals surface area contributed by atoms with Crippen molar-refractivity contribution >= 4 is 23.2 Å². The molecule has 5 nitrogen and oxygen atoms in total. The van der Waals surface area contributed by atoms with Crippen molar-refractivity contribution in [3.05, 3.63) is 51.0 Å². The Bertz CT molecular complexity index is 710. The molecule has 1 heterocycles. The molecule has 0 saturated carbocycles. The highest BCUT2D eigenvalue weighted by Gasteiger charge is 2.12. The van der Waals surface area contributed by atoms with E-state index in [9.17, 15) is 9.59 Å². The smallest absolute Gasteiger partial charge is 0.357 e. The fourth-order valence-corrected chi connectivity index (χ4v) is 2.79.